The van der Waals surface area contributed by atoms with Crippen molar-refractivity contribution in [3.63, 3.8) is 0 Å². The number of aryl methyl sites for hydroxylation is 1. The second kappa shape index (κ2) is 4.20. The van der Waals surface area contributed by atoms with Gasteiger partial charge in [0, 0.05) is 5.69 Å². The van der Waals surface area contributed by atoms with Crippen LogP contribution in [0.2, 0.25) is 0 Å². The van der Waals surface area contributed by atoms with E-state index in [-0.39, 0.29) is 23.2 Å². The van der Waals surface area contributed by atoms with Crippen molar-refractivity contribution in [1.82, 2.24) is 19.7 Å². The number of amidine groups is 1. The molecular weight excluding hydrogens is 238 g/mol. The average molecular weight is 247 g/mol. The molecule has 0 radical (unpaired) electrons. The number of hydrogen-bond donors (Lipinski definition) is 2. The monoisotopic (exact) mass is 247 g/mol. The van der Waals surface area contributed by atoms with Gasteiger partial charge in [0.25, 0.3) is 5.95 Å². The second-order valence-corrected chi connectivity index (χ2v) is 3.51. The number of nitrogens with two attached hydrogens (primary N) is 1. The van der Waals surface area contributed by atoms with Crippen molar-refractivity contribution < 1.29 is 4.92 Å². The highest BCUT2D eigenvalue weighted by atomic mass is 16.6. The van der Waals surface area contributed by atoms with Crippen LogP contribution in [-0.4, -0.2) is 30.5 Å². The molecule has 2 rings (SSSR count). The molecule has 0 fully saturated rings. The predicted octanol–water partition coefficient (Wildman–Crippen LogP) is 0.163. The Balaban J connectivity index is 2.49. The van der Waals surface area contributed by atoms with Crippen LogP contribution in [-0.2, 0) is 0 Å². The highest BCUT2D eigenvalue weighted by Crippen LogP contribution is 2.11. The normalized spacial score (nSPS) is 10.3. The van der Waals surface area contributed by atoms with Gasteiger partial charge in [0.2, 0.25) is 0 Å². The molecule has 0 atom stereocenters. The molecule has 3 N–H and O–H groups in total. The van der Waals surface area contributed by atoms with Crippen LogP contribution in [0.15, 0.2) is 18.5 Å². The van der Waals surface area contributed by atoms with Crippen LogP contribution in [0.5, 0.6) is 0 Å². The predicted molar refractivity (Wildman–Crippen MR) is 61.6 cm³/mol. The fraction of sp³-hybridized carbons (Fsp3) is 0.111. The van der Waals surface area contributed by atoms with E-state index < -0.39 is 4.92 Å². The van der Waals surface area contributed by atoms with Crippen LogP contribution < -0.4 is 5.73 Å². The smallest absolute Gasteiger partial charge is 0.307 e. The molecule has 9 heteroatoms. The van der Waals surface area contributed by atoms with E-state index in [1.165, 1.54) is 6.20 Å². The van der Waals surface area contributed by atoms with Gasteiger partial charge in [-0.1, -0.05) is 0 Å². The van der Waals surface area contributed by atoms with Crippen molar-refractivity contribution >= 4 is 11.5 Å². The fourth-order valence-corrected chi connectivity index (χ4v) is 1.31. The van der Waals surface area contributed by atoms with E-state index in [9.17, 15) is 10.1 Å². The summed E-state index contributed by atoms with van der Waals surface area (Å²) in [5, 5.41) is 21.6. The minimum absolute atomic E-state index is 0.133. The molecule has 0 spiro atoms. The summed E-state index contributed by atoms with van der Waals surface area (Å²) >= 11 is 0. The van der Waals surface area contributed by atoms with E-state index in [0.29, 0.717) is 5.69 Å². The first-order valence-electron chi connectivity index (χ1n) is 4.87. The van der Waals surface area contributed by atoms with Gasteiger partial charge in [-0.3, -0.25) is 15.5 Å². The largest absolute Gasteiger partial charge is 0.382 e. The van der Waals surface area contributed by atoms with Gasteiger partial charge < -0.3 is 5.73 Å². The standard InChI is InChI=1S/C9H9N7O2/c1-5-2-7(8(10)11)14-9(13-5)15-4-6(3-12-15)16(17)18/h2-4H,1H3,(H3,10,11). The van der Waals surface area contributed by atoms with Crippen LogP contribution in [0.25, 0.3) is 5.95 Å². The van der Waals surface area contributed by atoms with Gasteiger partial charge >= 0.3 is 5.69 Å². The summed E-state index contributed by atoms with van der Waals surface area (Å²) < 4.78 is 1.16. The minimum Gasteiger partial charge on any atom is -0.382 e. The zero-order chi connectivity index (χ0) is 13.3. The summed E-state index contributed by atoms with van der Waals surface area (Å²) in [6.07, 6.45) is 2.29. The highest BCUT2D eigenvalue weighted by molar-refractivity contribution is 5.93. The maximum absolute atomic E-state index is 10.5. The Morgan fingerprint density at radius 1 is 1.56 bits per heavy atom. The number of aromatic nitrogens is 4. The number of nitrogens with one attached hydrogen (secondary N) is 1. The van der Waals surface area contributed by atoms with E-state index in [1.54, 1.807) is 13.0 Å². The van der Waals surface area contributed by atoms with Crippen molar-refractivity contribution in [3.05, 3.63) is 40.0 Å². The van der Waals surface area contributed by atoms with Crippen molar-refractivity contribution in [1.29, 1.82) is 5.41 Å². The van der Waals surface area contributed by atoms with Gasteiger partial charge in [-0.25, -0.2) is 9.97 Å². The van der Waals surface area contributed by atoms with Crippen molar-refractivity contribution in [2.45, 2.75) is 6.92 Å². The van der Waals surface area contributed by atoms with Crippen molar-refractivity contribution in [3.8, 4) is 5.95 Å². The maximum atomic E-state index is 10.5. The summed E-state index contributed by atoms with van der Waals surface area (Å²) in [7, 11) is 0. The lowest BCUT2D eigenvalue weighted by Gasteiger charge is -2.03. The minimum atomic E-state index is -0.564. The second-order valence-electron chi connectivity index (χ2n) is 3.51. The van der Waals surface area contributed by atoms with Gasteiger partial charge in [-0.05, 0) is 13.0 Å². The summed E-state index contributed by atoms with van der Waals surface area (Å²) in [4.78, 5) is 18.0. The molecule has 0 saturated carbocycles. The molecule has 0 aliphatic rings. The quantitative estimate of drug-likeness (QED) is 0.343. The zero-order valence-electron chi connectivity index (χ0n) is 9.36. The molecule has 2 heterocycles. The van der Waals surface area contributed by atoms with E-state index in [0.717, 1.165) is 10.9 Å². The lowest BCUT2D eigenvalue weighted by atomic mass is 10.3. The van der Waals surface area contributed by atoms with E-state index in [4.69, 9.17) is 11.1 Å². The lowest BCUT2D eigenvalue weighted by molar-refractivity contribution is -0.384. The molecule has 0 saturated heterocycles. The van der Waals surface area contributed by atoms with Crippen LogP contribution in [0.1, 0.15) is 11.4 Å². The van der Waals surface area contributed by atoms with Gasteiger partial charge in [0.1, 0.15) is 23.9 Å². The van der Waals surface area contributed by atoms with Gasteiger partial charge in [-0.15, -0.1) is 0 Å². The average Bonchev–Trinajstić information content (AvgIpc) is 2.77. The Labute approximate surface area is 101 Å². The number of nitro groups is 1. The van der Waals surface area contributed by atoms with E-state index in [1.807, 2.05) is 0 Å². The van der Waals surface area contributed by atoms with Crippen LogP contribution >= 0.6 is 0 Å². The van der Waals surface area contributed by atoms with E-state index >= 15 is 0 Å². The number of rotatable bonds is 3. The van der Waals surface area contributed by atoms with Crippen LogP contribution in [0.3, 0.4) is 0 Å². The van der Waals surface area contributed by atoms with Gasteiger partial charge in [0.05, 0.1) is 4.92 Å². The zero-order valence-corrected chi connectivity index (χ0v) is 9.36. The summed E-state index contributed by atoms with van der Waals surface area (Å²) in [5.41, 5.74) is 6.01. The number of hydrogen-bond acceptors (Lipinski definition) is 6. The molecule has 18 heavy (non-hydrogen) atoms. The Morgan fingerprint density at radius 2 is 2.28 bits per heavy atom. The number of nitrogen functional groups attached to an aromatic ring is 1. The number of nitrogens with zero attached hydrogens (tertiary/aromatic N) is 5. The SMILES string of the molecule is Cc1cc(C(=N)N)nc(-n2cc([N+](=O)[O-])cn2)n1. The topological polar surface area (TPSA) is 137 Å². The molecule has 0 aliphatic heterocycles. The fourth-order valence-electron chi connectivity index (χ4n) is 1.31. The summed E-state index contributed by atoms with van der Waals surface area (Å²) in [6.45, 7) is 1.70. The summed E-state index contributed by atoms with van der Waals surface area (Å²) in [6, 6.07) is 1.55. The first-order chi connectivity index (χ1) is 8.47. The summed E-state index contributed by atoms with van der Waals surface area (Å²) in [5.74, 6) is -0.0725. The molecule has 0 bridgehead atoms. The maximum Gasteiger partial charge on any atom is 0.307 e. The molecular formula is C9H9N7O2. The molecule has 0 aromatic carbocycles. The third-order valence-corrected chi connectivity index (χ3v) is 2.10. The third-order valence-electron chi connectivity index (χ3n) is 2.10. The first kappa shape index (κ1) is 11.6. The Morgan fingerprint density at radius 3 is 2.83 bits per heavy atom. The van der Waals surface area contributed by atoms with Crippen molar-refractivity contribution in [2.75, 3.05) is 0 Å². The van der Waals surface area contributed by atoms with E-state index in [2.05, 4.69) is 15.1 Å². The lowest BCUT2D eigenvalue weighted by Crippen LogP contribution is -2.16. The molecule has 0 unspecified atom stereocenters. The van der Waals surface area contributed by atoms with Gasteiger partial charge in [-0.2, -0.15) is 9.78 Å². The van der Waals surface area contributed by atoms with Crippen LogP contribution in [0.4, 0.5) is 5.69 Å². The van der Waals surface area contributed by atoms with Crippen molar-refractivity contribution in [2.24, 2.45) is 5.73 Å². The molecule has 92 valence electrons. The molecule has 2 aromatic rings. The third kappa shape index (κ3) is 2.14. The first-order valence-corrected chi connectivity index (χ1v) is 4.87. The molecule has 0 aliphatic carbocycles. The molecule has 0 amide bonds. The Bertz CT molecular complexity index is 634. The molecule has 9 nitrogen and oxygen atoms in total. The Kier molecular flexibility index (Phi) is 2.72. The Hall–Kier alpha value is -2.84. The molecule has 2 aromatic heterocycles. The van der Waals surface area contributed by atoms with Crippen LogP contribution in [0, 0.1) is 22.4 Å². The van der Waals surface area contributed by atoms with Gasteiger partial charge in [0.15, 0.2) is 0 Å². The highest BCUT2D eigenvalue weighted by Gasteiger charge is 2.13.